The summed E-state index contributed by atoms with van der Waals surface area (Å²) in [5.74, 6) is 7.12. The highest BCUT2D eigenvalue weighted by Gasteiger charge is 2.16. The fraction of sp³-hybridized carbons (Fsp3) is 0.188. The number of aryl methyl sites for hydroxylation is 2. The summed E-state index contributed by atoms with van der Waals surface area (Å²) in [6.07, 6.45) is 1.56. The quantitative estimate of drug-likeness (QED) is 0.523. The summed E-state index contributed by atoms with van der Waals surface area (Å²) in [4.78, 5) is 12.1. The number of nitrogens with two attached hydrogens (primary N) is 1. The number of carbonyl (C=O) groups is 1. The van der Waals surface area contributed by atoms with Crippen molar-refractivity contribution in [2.75, 3.05) is 16.9 Å². The summed E-state index contributed by atoms with van der Waals surface area (Å²) in [6.45, 7) is 3.75. The standard InChI is InChI=1S/C16H16ClN5O2S/c1-9-3-4-13(12(17)7-9)19-14(23)8-25-16-21-20-15(22(16)18)11-5-6-24-10(11)2/h3-7H,8,18H2,1-2H3,(H,19,23). The van der Waals surface area contributed by atoms with Crippen LogP contribution in [0.15, 0.2) is 40.1 Å². The molecule has 0 unspecified atom stereocenters. The molecule has 2 aromatic heterocycles. The maximum atomic E-state index is 12.1. The zero-order chi connectivity index (χ0) is 18.0. The lowest BCUT2D eigenvalue weighted by Crippen LogP contribution is -2.16. The molecule has 0 bridgehead atoms. The predicted molar refractivity (Wildman–Crippen MR) is 98.2 cm³/mol. The second kappa shape index (κ2) is 7.20. The van der Waals surface area contributed by atoms with Crippen molar-refractivity contribution in [1.82, 2.24) is 14.9 Å². The van der Waals surface area contributed by atoms with Gasteiger partial charge in [-0.1, -0.05) is 29.4 Å². The Morgan fingerprint density at radius 1 is 1.36 bits per heavy atom. The summed E-state index contributed by atoms with van der Waals surface area (Å²) >= 11 is 7.30. The Labute approximate surface area is 153 Å². The van der Waals surface area contributed by atoms with E-state index in [1.54, 1.807) is 24.5 Å². The fourth-order valence-corrected chi connectivity index (χ4v) is 3.15. The van der Waals surface area contributed by atoms with Gasteiger partial charge in [0.05, 0.1) is 28.3 Å². The van der Waals surface area contributed by atoms with Crippen LogP contribution in [0.4, 0.5) is 5.69 Å². The molecule has 130 valence electrons. The Morgan fingerprint density at radius 3 is 2.84 bits per heavy atom. The highest BCUT2D eigenvalue weighted by Crippen LogP contribution is 2.26. The number of amides is 1. The molecule has 0 radical (unpaired) electrons. The van der Waals surface area contributed by atoms with E-state index in [2.05, 4.69) is 15.5 Å². The zero-order valence-corrected chi connectivity index (χ0v) is 15.2. The number of rotatable bonds is 5. The first-order valence-corrected chi connectivity index (χ1v) is 8.76. The number of halogens is 1. The maximum absolute atomic E-state index is 12.1. The van der Waals surface area contributed by atoms with Crippen molar-refractivity contribution in [3.8, 4) is 11.4 Å². The Bertz CT molecular complexity index is 921. The Morgan fingerprint density at radius 2 is 2.16 bits per heavy atom. The van der Waals surface area contributed by atoms with Gasteiger partial charge in [0, 0.05) is 0 Å². The van der Waals surface area contributed by atoms with Crippen LogP contribution >= 0.6 is 23.4 Å². The first kappa shape index (κ1) is 17.4. The molecule has 2 heterocycles. The van der Waals surface area contributed by atoms with Crippen LogP contribution in [0.5, 0.6) is 0 Å². The van der Waals surface area contributed by atoms with Crippen molar-refractivity contribution in [3.63, 3.8) is 0 Å². The molecule has 9 heteroatoms. The first-order valence-electron chi connectivity index (χ1n) is 7.39. The first-order chi connectivity index (χ1) is 12.0. The van der Waals surface area contributed by atoms with E-state index in [4.69, 9.17) is 21.9 Å². The van der Waals surface area contributed by atoms with Crippen molar-refractivity contribution in [1.29, 1.82) is 0 Å². The van der Waals surface area contributed by atoms with E-state index in [0.717, 1.165) is 11.1 Å². The molecule has 0 spiro atoms. The monoisotopic (exact) mass is 377 g/mol. The van der Waals surface area contributed by atoms with Crippen LogP contribution in [-0.2, 0) is 4.79 Å². The molecule has 3 aromatic rings. The lowest BCUT2D eigenvalue weighted by Gasteiger charge is -2.07. The maximum Gasteiger partial charge on any atom is 0.234 e. The number of furan rings is 1. The Hall–Kier alpha value is -2.45. The van der Waals surface area contributed by atoms with Gasteiger partial charge in [-0.15, -0.1) is 10.2 Å². The number of benzene rings is 1. The smallest absolute Gasteiger partial charge is 0.234 e. The van der Waals surface area contributed by atoms with E-state index in [1.807, 2.05) is 19.9 Å². The third kappa shape index (κ3) is 3.80. The lowest BCUT2D eigenvalue weighted by atomic mass is 10.2. The van der Waals surface area contributed by atoms with Crippen molar-refractivity contribution < 1.29 is 9.21 Å². The van der Waals surface area contributed by atoms with E-state index in [0.29, 0.717) is 27.5 Å². The summed E-state index contributed by atoms with van der Waals surface area (Å²) in [5, 5.41) is 11.8. The van der Waals surface area contributed by atoms with E-state index < -0.39 is 0 Å². The highest BCUT2D eigenvalue weighted by molar-refractivity contribution is 7.99. The van der Waals surface area contributed by atoms with Crippen molar-refractivity contribution >= 4 is 35.0 Å². The summed E-state index contributed by atoms with van der Waals surface area (Å²) in [6, 6.07) is 7.21. The van der Waals surface area contributed by atoms with Gasteiger partial charge in [-0.2, -0.15) is 0 Å². The molecule has 25 heavy (non-hydrogen) atoms. The van der Waals surface area contributed by atoms with Gasteiger partial charge in [0.15, 0.2) is 5.82 Å². The molecule has 3 N–H and O–H groups in total. The van der Waals surface area contributed by atoms with Crippen LogP contribution in [0.25, 0.3) is 11.4 Å². The van der Waals surface area contributed by atoms with Crippen molar-refractivity contribution in [2.45, 2.75) is 19.0 Å². The van der Waals surface area contributed by atoms with Gasteiger partial charge in [-0.3, -0.25) is 4.79 Å². The molecular weight excluding hydrogens is 362 g/mol. The molecule has 0 saturated heterocycles. The molecule has 0 aliphatic rings. The lowest BCUT2D eigenvalue weighted by molar-refractivity contribution is -0.113. The van der Waals surface area contributed by atoms with Gasteiger partial charge >= 0.3 is 0 Å². The zero-order valence-electron chi connectivity index (χ0n) is 13.6. The average molecular weight is 378 g/mol. The Balaban J connectivity index is 1.65. The second-order valence-corrected chi connectivity index (χ2v) is 6.74. The molecule has 1 aromatic carbocycles. The van der Waals surface area contributed by atoms with E-state index in [1.165, 1.54) is 16.4 Å². The molecule has 0 saturated carbocycles. The molecule has 0 aliphatic carbocycles. The number of aromatic nitrogens is 3. The summed E-state index contributed by atoms with van der Waals surface area (Å²) in [5.41, 5.74) is 2.36. The van der Waals surface area contributed by atoms with Crippen LogP contribution in [0.3, 0.4) is 0 Å². The van der Waals surface area contributed by atoms with Crippen LogP contribution in [-0.4, -0.2) is 26.5 Å². The number of carbonyl (C=O) groups excluding carboxylic acids is 1. The molecule has 0 atom stereocenters. The van der Waals surface area contributed by atoms with Gasteiger partial charge in [0.2, 0.25) is 11.1 Å². The van der Waals surface area contributed by atoms with E-state index >= 15 is 0 Å². The molecule has 0 aliphatic heterocycles. The van der Waals surface area contributed by atoms with Gasteiger partial charge in [-0.05, 0) is 37.6 Å². The van der Waals surface area contributed by atoms with Gasteiger partial charge in [0.25, 0.3) is 0 Å². The van der Waals surface area contributed by atoms with Crippen LogP contribution in [0.2, 0.25) is 5.02 Å². The minimum atomic E-state index is -0.209. The topological polar surface area (TPSA) is 99.0 Å². The molecule has 1 amide bonds. The number of nitrogens with one attached hydrogen (secondary N) is 1. The third-order valence-electron chi connectivity index (χ3n) is 3.50. The largest absolute Gasteiger partial charge is 0.469 e. The van der Waals surface area contributed by atoms with Crippen LogP contribution in [0, 0.1) is 13.8 Å². The van der Waals surface area contributed by atoms with Crippen LogP contribution < -0.4 is 11.2 Å². The number of nitrogens with zero attached hydrogens (tertiary/aromatic N) is 3. The van der Waals surface area contributed by atoms with Crippen molar-refractivity contribution in [2.24, 2.45) is 0 Å². The average Bonchev–Trinajstić information content (AvgIpc) is 3.14. The molecule has 0 fully saturated rings. The normalized spacial score (nSPS) is 10.8. The number of nitrogen functional groups attached to an aromatic ring is 1. The molecule has 7 nitrogen and oxygen atoms in total. The minimum absolute atomic E-state index is 0.129. The third-order valence-corrected chi connectivity index (χ3v) is 4.75. The second-order valence-electron chi connectivity index (χ2n) is 5.39. The SMILES string of the molecule is Cc1ccc(NC(=O)CSc2nnc(-c3ccoc3C)n2N)c(Cl)c1. The number of anilines is 1. The minimum Gasteiger partial charge on any atom is -0.469 e. The summed E-state index contributed by atoms with van der Waals surface area (Å²) < 4.78 is 6.59. The molecule has 3 rings (SSSR count). The number of thioether (sulfide) groups is 1. The highest BCUT2D eigenvalue weighted by atomic mass is 35.5. The van der Waals surface area contributed by atoms with E-state index in [-0.39, 0.29) is 11.7 Å². The van der Waals surface area contributed by atoms with Crippen molar-refractivity contribution in [3.05, 3.63) is 46.9 Å². The Kier molecular flexibility index (Phi) is 5.00. The van der Waals surface area contributed by atoms with E-state index in [9.17, 15) is 4.79 Å². The fourth-order valence-electron chi connectivity index (χ4n) is 2.21. The molecular formula is C16H16ClN5O2S. The number of hydrogen-bond acceptors (Lipinski definition) is 6. The summed E-state index contributed by atoms with van der Waals surface area (Å²) in [7, 11) is 0. The van der Waals surface area contributed by atoms with Crippen LogP contribution in [0.1, 0.15) is 11.3 Å². The van der Waals surface area contributed by atoms with Gasteiger partial charge < -0.3 is 15.6 Å². The van der Waals surface area contributed by atoms with Gasteiger partial charge in [0.1, 0.15) is 5.76 Å². The van der Waals surface area contributed by atoms with Gasteiger partial charge in [-0.25, -0.2) is 4.68 Å². The predicted octanol–water partition coefficient (Wildman–Crippen LogP) is 3.25. The number of hydrogen-bond donors (Lipinski definition) is 2.